The Morgan fingerprint density at radius 1 is 0.750 bits per heavy atom. The molecule has 0 bridgehead atoms. The van der Waals surface area contributed by atoms with Crippen LogP contribution >= 0.6 is 46.2 Å². The summed E-state index contributed by atoms with van der Waals surface area (Å²) in [5, 5.41) is 6.98. The molecule has 6 heteroatoms. The zero-order valence-electron chi connectivity index (χ0n) is 19.5. The Hall–Kier alpha value is -2.77. The van der Waals surface area contributed by atoms with E-state index in [-0.39, 0.29) is 5.97 Å². The second-order valence-electron chi connectivity index (χ2n) is 8.30. The fourth-order valence-corrected chi connectivity index (χ4v) is 8.74. The lowest BCUT2D eigenvalue weighted by molar-refractivity contribution is -0.138. The predicted octanol–water partition coefficient (Wildman–Crippen LogP) is 10.1. The maximum absolute atomic E-state index is 13.1. The van der Waals surface area contributed by atoms with Crippen LogP contribution in [-0.4, -0.2) is 12.6 Å². The number of hydrogen-bond donors (Lipinski definition) is 0. The summed E-state index contributed by atoms with van der Waals surface area (Å²) >= 11 is 6.67. The molecule has 0 saturated heterocycles. The lowest BCUT2D eigenvalue weighted by Crippen LogP contribution is -2.06. The third-order valence-corrected chi connectivity index (χ3v) is 10.7. The highest BCUT2D eigenvalue weighted by Gasteiger charge is 2.17. The second kappa shape index (κ2) is 10.3. The lowest BCUT2D eigenvalue weighted by Gasteiger charge is -2.09. The third kappa shape index (κ3) is 4.43. The van der Waals surface area contributed by atoms with Gasteiger partial charge in [-0.2, -0.15) is 0 Å². The van der Waals surface area contributed by atoms with Gasteiger partial charge in [0.1, 0.15) is 4.91 Å². The first-order valence-electron chi connectivity index (χ1n) is 11.8. The van der Waals surface area contributed by atoms with Gasteiger partial charge in [0.2, 0.25) is 0 Å². The first-order chi connectivity index (χ1) is 17.7. The molecule has 0 spiro atoms. The molecule has 0 aliphatic carbocycles. The molecule has 0 aliphatic rings. The van der Waals surface area contributed by atoms with Gasteiger partial charge < -0.3 is 4.74 Å². The van der Waals surface area contributed by atoms with E-state index in [9.17, 15) is 4.79 Å². The molecular formula is C30H22O2S4. The highest BCUT2D eigenvalue weighted by molar-refractivity contribution is 8.07. The molecule has 0 amide bonds. The van der Waals surface area contributed by atoms with Crippen LogP contribution in [0, 0.1) is 0 Å². The Morgan fingerprint density at radius 2 is 1.31 bits per heavy atom. The topological polar surface area (TPSA) is 26.3 Å². The summed E-state index contributed by atoms with van der Waals surface area (Å²) in [6, 6.07) is 29.7. The number of fused-ring (bicyclic) bond motifs is 6. The quantitative estimate of drug-likeness (QED) is 0.114. The van der Waals surface area contributed by atoms with Crippen LogP contribution in [0.1, 0.15) is 13.3 Å². The summed E-state index contributed by atoms with van der Waals surface area (Å²) in [6.45, 7) is 2.43. The fourth-order valence-electron chi connectivity index (χ4n) is 4.23. The van der Waals surface area contributed by atoms with Crippen molar-refractivity contribution >= 4 is 92.5 Å². The van der Waals surface area contributed by atoms with Crippen molar-refractivity contribution in [3.8, 4) is 0 Å². The van der Waals surface area contributed by atoms with Crippen LogP contribution < -0.4 is 0 Å². The van der Waals surface area contributed by atoms with E-state index < -0.39 is 0 Å². The van der Waals surface area contributed by atoms with Gasteiger partial charge in [-0.15, -0.1) is 22.7 Å². The average molecular weight is 543 g/mol. The molecule has 0 saturated carbocycles. The molecule has 0 aliphatic heterocycles. The highest BCUT2D eigenvalue weighted by Crippen LogP contribution is 2.44. The van der Waals surface area contributed by atoms with Gasteiger partial charge in [-0.3, -0.25) is 0 Å². The number of hydrogen-bond acceptors (Lipinski definition) is 6. The number of carbonyl (C=O) groups is 1. The third-order valence-electron chi connectivity index (χ3n) is 5.89. The zero-order chi connectivity index (χ0) is 24.5. The van der Waals surface area contributed by atoms with E-state index in [1.165, 1.54) is 52.1 Å². The van der Waals surface area contributed by atoms with Crippen molar-refractivity contribution < 1.29 is 9.53 Å². The molecule has 2 nitrogen and oxygen atoms in total. The first kappa shape index (κ1) is 23.6. The highest BCUT2D eigenvalue weighted by atomic mass is 32.2. The smallest absolute Gasteiger partial charge is 0.345 e. The van der Waals surface area contributed by atoms with Gasteiger partial charge in [0.15, 0.2) is 0 Å². The maximum Gasteiger partial charge on any atom is 0.345 e. The zero-order valence-corrected chi connectivity index (χ0v) is 22.8. The van der Waals surface area contributed by atoms with Crippen molar-refractivity contribution in [2.24, 2.45) is 0 Å². The van der Waals surface area contributed by atoms with Crippen LogP contribution in [0.2, 0.25) is 0 Å². The van der Waals surface area contributed by atoms with Gasteiger partial charge in [-0.1, -0.05) is 91.1 Å². The Labute approximate surface area is 226 Å². The van der Waals surface area contributed by atoms with Crippen LogP contribution in [0.4, 0.5) is 0 Å². The van der Waals surface area contributed by atoms with Crippen molar-refractivity contribution in [1.82, 2.24) is 0 Å². The minimum atomic E-state index is -0.268. The van der Waals surface area contributed by atoms with Crippen LogP contribution in [0.15, 0.2) is 105 Å². The Bertz CT molecular complexity index is 1760. The van der Waals surface area contributed by atoms with E-state index in [4.69, 9.17) is 4.74 Å². The molecule has 4 aromatic carbocycles. The molecule has 0 atom stereocenters. The second-order valence-corrected chi connectivity index (χ2v) is 12.4. The molecule has 36 heavy (non-hydrogen) atoms. The Kier molecular flexibility index (Phi) is 6.76. The van der Waals surface area contributed by atoms with Crippen LogP contribution in [0.5, 0.6) is 0 Å². The largest absolute Gasteiger partial charge is 0.462 e. The molecule has 2 heterocycles. The SMILES string of the molecule is CCCOC(=O)C(=CSc1cccc2c1sc1ccccc12)Sc1cccc2c1sc1ccccc12. The molecule has 6 rings (SSSR count). The molecule has 0 radical (unpaired) electrons. The monoisotopic (exact) mass is 542 g/mol. The number of esters is 1. The predicted molar refractivity (Wildman–Crippen MR) is 160 cm³/mol. The molecule has 0 unspecified atom stereocenters. The van der Waals surface area contributed by atoms with E-state index in [2.05, 4.69) is 84.9 Å². The van der Waals surface area contributed by atoms with Gasteiger partial charge in [0.25, 0.3) is 0 Å². The first-order valence-corrected chi connectivity index (χ1v) is 15.1. The van der Waals surface area contributed by atoms with Gasteiger partial charge >= 0.3 is 5.97 Å². The van der Waals surface area contributed by atoms with Crippen molar-refractivity contribution in [2.75, 3.05) is 6.61 Å². The van der Waals surface area contributed by atoms with Crippen molar-refractivity contribution in [2.45, 2.75) is 23.1 Å². The number of ether oxygens (including phenoxy) is 1. The summed E-state index contributed by atoms with van der Waals surface area (Å²) in [4.78, 5) is 16.0. The number of benzene rings is 4. The number of carbonyl (C=O) groups excluding carboxylic acids is 1. The van der Waals surface area contributed by atoms with E-state index in [0.717, 1.165) is 16.2 Å². The Balaban J connectivity index is 1.39. The normalized spacial score (nSPS) is 12.2. The summed E-state index contributed by atoms with van der Waals surface area (Å²) < 4.78 is 10.6. The fraction of sp³-hybridized carbons (Fsp3) is 0.100. The van der Waals surface area contributed by atoms with Crippen molar-refractivity contribution in [3.63, 3.8) is 0 Å². The molecule has 2 aromatic heterocycles. The van der Waals surface area contributed by atoms with Gasteiger partial charge in [0, 0.05) is 50.1 Å². The van der Waals surface area contributed by atoms with Gasteiger partial charge in [-0.05, 0) is 36.1 Å². The minimum absolute atomic E-state index is 0.268. The number of thiophene rings is 2. The van der Waals surface area contributed by atoms with Crippen molar-refractivity contribution in [1.29, 1.82) is 0 Å². The maximum atomic E-state index is 13.1. The van der Waals surface area contributed by atoms with Crippen molar-refractivity contribution in [3.05, 3.63) is 95.2 Å². The average Bonchev–Trinajstić information content (AvgIpc) is 3.49. The van der Waals surface area contributed by atoms with Crippen LogP contribution in [0.25, 0.3) is 40.3 Å². The minimum Gasteiger partial charge on any atom is -0.462 e. The summed E-state index contributed by atoms with van der Waals surface area (Å²) in [6.07, 6.45) is 0.795. The molecule has 178 valence electrons. The van der Waals surface area contributed by atoms with Gasteiger partial charge in [0.05, 0.1) is 6.61 Å². The molecule has 6 aromatic rings. The van der Waals surface area contributed by atoms with Crippen LogP contribution in [0.3, 0.4) is 0 Å². The van der Waals surface area contributed by atoms with E-state index >= 15 is 0 Å². The summed E-state index contributed by atoms with van der Waals surface area (Å²) in [7, 11) is 0. The number of rotatable bonds is 7. The van der Waals surface area contributed by atoms with E-state index in [0.29, 0.717) is 11.5 Å². The van der Waals surface area contributed by atoms with Gasteiger partial charge in [-0.25, -0.2) is 4.79 Å². The van der Waals surface area contributed by atoms with E-state index in [1.807, 2.05) is 12.3 Å². The summed E-state index contributed by atoms with van der Waals surface area (Å²) in [5.74, 6) is -0.268. The van der Waals surface area contributed by atoms with E-state index in [1.54, 1.807) is 34.4 Å². The summed E-state index contributed by atoms with van der Waals surface area (Å²) in [5.41, 5.74) is 0. The lowest BCUT2D eigenvalue weighted by atomic mass is 10.1. The number of thioether (sulfide) groups is 2. The standard InChI is InChI=1S/C30H22O2S4/c1-2-17-32-30(31)27(34-26-16-8-12-22-20-10-4-6-14-24(20)36-29(22)26)18-33-25-15-7-11-21-19-9-3-5-13-23(19)35-28(21)25/h3-16,18H,2,17H2,1H3. The van der Waals surface area contributed by atoms with Crippen LogP contribution in [-0.2, 0) is 9.53 Å². The Morgan fingerprint density at radius 3 is 1.94 bits per heavy atom. The molecular weight excluding hydrogens is 521 g/mol. The molecule has 0 fully saturated rings. The molecule has 0 N–H and O–H groups in total.